The van der Waals surface area contributed by atoms with Crippen molar-refractivity contribution < 1.29 is 28.7 Å². The maximum absolute atomic E-state index is 12.8. The third-order valence-corrected chi connectivity index (χ3v) is 5.73. The minimum absolute atomic E-state index is 0.168. The Bertz CT molecular complexity index is 1580. The second-order valence-corrected chi connectivity index (χ2v) is 8.71. The Hall–Kier alpha value is -5.77. The first-order chi connectivity index (χ1) is 19.8. The van der Waals surface area contributed by atoms with E-state index in [0.717, 1.165) is 5.56 Å². The van der Waals surface area contributed by atoms with Crippen LogP contribution in [0.5, 0.6) is 11.5 Å². The van der Waals surface area contributed by atoms with Gasteiger partial charge in [-0.1, -0.05) is 29.8 Å². The smallest absolute Gasteiger partial charge is 0.343 e. The van der Waals surface area contributed by atoms with E-state index in [1.54, 1.807) is 72.8 Å². The molecule has 10 nitrogen and oxygen atoms in total. The van der Waals surface area contributed by atoms with Crippen molar-refractivity contribution in [3.8, 4) is 11.5 Å². The summed E-state index contributed by atoms with van der Waals surface area (Å²) in [6, 6.07) is 26.5. The van der Waals surface area contributed by atoms with E-state index < -0.39 is 23.7 Å². The third-order valence-electron chi connectivity index (χ3n) is 5.73. The average Bonchev–Trinajstić information content (AvgIpc) is 2.99. The number of hydrogen-bond acceptors (Lipinski definition) is 7. The second kappa shape index (κ2) is 13.3. The number of amides is 3. The molecule has 41 heavy (non-hydrogen) atoms. The van der Waals surface area contributed by atoms with Crippen molar-refractivity contribution >= 4 is 41.3 Å². The zero-order valence-corrected chi connectivity index (χ0v) is 22.2. The Labute approximate surface area is 236 Å². The van der Waals surface area contributed by atoms with Crippen LogP contribution in [0.4, 0.5) is 11.4 Å². The Balaban J connectivity index is 1.29. The van der Waals surface area contributed by atoms with Gasteiger partial charge in [0, 0.05) is 5.69 Å². The zero-order valence-electron chi connectivity index (χ0n) is 22.2. The molecule has 0 aliphatic rings. The highest BCUT2D eigenvalue weighted by Crippen LogP contribution is 2.18. The van der Waals surface area contributed by atoms with Gasteiger partial charge in [-0.05, 0) is 85.3 Å². The number of carbonyl (C=O) groups is 4. The first-order valence-corrected chi connectivity index (χ1v) is 12.4. The molecule has 0 heterocycles. The quantitative estimate of drug-likeness (QED) is 0.0968. The van der Waals surface area contributed by atoms with Gasteiger partial charge in [0.05, 0.1) is 30.1 Å². The highest BCUT2D eigenvalue weighted by atomic mass is 16.5. The molecule has 0 aliphatic heterocycles. The van der Waals surface area contributed by atoms with E-state index in [9.17, 15) is 19.2 Å². The van der Waals surface area contributed by atoms with Crippen LogP contribution in [-0.2, 0) is 9.59 Å². The Morgan fingerprint density at radius 1 is 0.732 bits per heavy atom. The van der Waals surface area contributed by atoms with Gasteiger partial charge < -0.3 is 20.1 Å². The van der Waals surface area contributed by atoms with Gasteiger partial charge in [0.1, 0.15) is 11.5 Å². The minimum Gasteiger partial charge on any atom is -0.497 e. The summed E-state index contributed by atoms with van der Waals surface area (Å²) in [6.07, 6.45) is 1.32. The predicted molar refractivity (Wildman–Crippen MR) is 154 cm³/mol. The lowest BCUT2D eigenvalue weighted by Crippen LogP contribution is -2.33. The van der Waals surface area contributed by atoms with E-state index in [-0.39, 0.29) is 11.3 Å². The molecule has 4 aromatic rings. The number of benzene rings is 4. The van der Waals surface area contributed by atoms with Gasteiger partial charge >= 0.3 is 17.8 Å². The van der Waals surface area contributed by atoms with E-state index in [1.807, 2.05) is 19.1 Å². The number of anilines is 2. The fraction of sp³-hybridized carbons (Fsp3) is 0.0645. The maximum Gasteiger partial charge on any atom is 0.343 e. The van der Waals surface area contributed by atoms with Gasteiger partial charge in [-0.3, -0.25) is 14.4 Å². The summed E-state index contributed by atoms with van der Waals surface area (Å²) in [6.45, 7) is 1.94. The lowest BCUT2D eigenvalue weighted by atomic mass is 10.1. The van der Waals surface area contributed by atoms with Crippen molar-refractivity contribution in [2.45, 2.75) is 6.92 Å². The molecule has 0 saturated heterocycles. The van der Waals surface area contributed by atoms with Crippen LogP contribution in [0.3, 0.4) is 0 Å². The predicted octanol–water partition coefficient (Wildman–Crippen LogP) is 4.56. The lowest BCUT2D eigenvalue weighted by molar-refractivity contribution is -0.136. The summed E-state index contributed by atoms with van der Waals surface area (Å²) < 4.78 is 10.4. The van der Waals surface area contributed by atoms with Crippen LogP contribution < -0.4 is 25.5 Å². The standard InChI is InChI=1S/C31H26N4O6/c1-20-7-13-23(14-8-20)33-28(36)26-5-3-4-6-27(26)34-29(37)30(38)35-32-19-21-9-15-25(16-10-21)41-31(39)22-11-17-24(40-2)18-12-22/h3-19H,1-2H3,(H,33,36)(H,34,37)(H,35,38)/b32-19-. The molecule has 0 fully saturated rings. The van der Waals surface area contributed by atoms with Crippen molar-refractivity contribution in [3.63, 3.8) is 0 Å². The molecule has 0 bridgehead atoms. The first kappa shape index (κ1) is 28.2. The van der Waals surface area contributed by atoms with Crippen LogP contribution >= 0.6 is 0 Å². The molecule has 0 aliphatic carbocycles. The minimum atomic E-state index is -1.03. The van der Waals surface area contributed by atoms with E-state index in [2.05, 4.69) is 21.2 Å². The Kier molecular flexibility index (Phi) is 9.19. The molecule has 206 valence electrons. The van der Waals surface area contributed by atoms with Gasteiger partial charge in [-0.25, -0.2) is 10.2 Å². The van der Waals surface area contributed by atoms with E-state index in [4.69, 9.17) is 9.47 Å². The molecule has 0 atom stereocenters. The van der Waals surface area contributed by atoms with Crippen LogP contribution in [0, 0.1) is 6.92 Å². The highest BCUT2D eigenvalue weighted by Gasteiger charge is 2.18. The molecule has 0 aromatic heterocycles. The normalized spacial score (nSPS) is 10.5. The number of esters is 1. The topological polar surface area (TPSA) is 135 Å². The average molecular weight is 551 g/mol. The Morgan fingerprint density at radius 3 is 2.07 bits per heavy atom. The third kappa shape index (κ3) is 7.87. The van der Waals surface area contributed by atoms with Crippen molar-refractivity contribution in [1.29, 1.82) is 0 Å². The van der Waals surface area contributed by atoms with E-state index in [1.165, 1.54) is 25.5 Å². The van der Waals surface area contributed by atoms with Crippen LogP contribution in [0.2, 0.25) is 0 Å². The molecule has 0 saturated carbocycles. The molecule has 0 spiro atoms. The molecule has 3 N–H and O–H groups in total. The monoisotopic (exact) mass is 550 g/mol. The number of aryl methyl sites for hydroxylation is 1. The second-order valence-electron chi connectivity index (χ2n) is 8.71. The fourth-order valence-electron chi connectivity index (χ4n) is 3.54. The summed E-state index contributed by atoms with van der Waals surface area (Å²) in [7, 11) is 1.54. The van der Waals surface area contributed by atoms with E-state index >= 15 is 0 Å². The van der Waals surface area contributed by atoms with Gasteiger partial charge in [-0.15, -0.1) is 0 Å². The van der Waals surface area contributed by atoms with Gasteiger partial charge in [0.25, 0.3) is 5.91 Å². The molecule has 0 unspecified atom stereocenters. The number of nitrogens with zero attached hydrogens (tertiary/aromatic N) is 1. The van der Waals surface area contributed by atoms with Crippen LogP contribution in [0.1, 0.15) is 31.8 Å². The van der Waals surface area contributed by atoms with Crippen molar-refractivity contribution in [2.24, 2.45) is 5.10 Å². The van der Waals surface area contributed by atoms with Gasteiger partial charge in [-0.2, -0.15) is 5.10 Å². The summed E-state index contributed by atoms with van der Waals surface area (Å²) >= 11 is 0. The molecule has 10 heteroatoms. The number of carbonyl (C=O) groups excluding carboxylic acids is 4. The number of para-hydroxylation sites is 1. The molecular formula is C31H26N4O6. The van der Waals surface area contributed by atoms with Crippen molar-refractivity contribution in [2.75, 3.05) is 17.7 Å². The van der Waals surface area contributed by atoms with Crippen LogP contribution in [0.25, 0.3) is 0 Å². The fourth-order valence-corrected chi connectivity index (χ4v) is 3.54. The largest absolute Gasteiger partial charge is 0.497 e. The van der Waals surface area contributed by atoms with Gasteiger partial charge in [0.15, 0.2) is 0 Å². The maximum atomic E-state index is 12.8. The molecule has 4 aromatic carbocycles. The summed E-state index contributed by atoms with van der Waals surface area (Å²) in [5.41, 5.74) is 5.09. The van der Waals surface area contributed by atoms with E-state index in [0.29, 0.717) is 28.3 Å². The summed E-state index contributed by atoms with van der Waals surface area (Å²) in [5, 5.41) is 9.00. The number of methoxy groups -OCH3 is 1. The Morgan fingerprint density at radius 2 is 1.39 bits per heavy atom. The zero-order chi connectivity index (χ0) is 29.2. The summed E-state index contributed by atoms with van der Waals surface area (Å²) in [4.78, 5) is 49.8. The molecule has 3 amide bonds. The molecular weight excluding hydrogens is 524 g/mol. The lowest BCUT2D eigenvalue weighted by Gasteiger charge is -2.11. The number of ether oxygens (including phenoxy) is 2. The summed E-state index contributed by atoms with van der Waals surface area (Å²) in [5.74, 6) is -2.06. The number of hydrazone groups is 1. The van der Waals surface area contributed by atoms with Crippen LogP contribution in [-0.4, -0.2) is 37.0 Å². The number of hydrogen-bond donors (Lipinski definition) is 3. The SMILES string of the molecule is COc1ccc(C(=O)Oc2ccc(/C=N\NC(=O)C(=O)Nc3ccccc3C(=O)Nc3ccc(C)cc3)cc2)cc1. The van der Waals surface area contributed by atoms with Crippen LogP contribution in [0.15, 0.2) is 102 Å². The number of nitrogens with one attached hydrogen (secondary N) is 3. The highest BCUT2D eigenvalue weighted by molar-refractivity contribution is 6.40. The molecule has 4 rings (SSSR count). The number of rotatable bonds is 8. The van der Waals surface area contributed by atoms with Crippen molar-refractivity contribution in [1.82, 2.24) is 5.43 Å². The molecule has 0 radical (unpaired) electrons. The van der Waals surface area contributed by atoms with Gasteiger partial charge in [0.2, 0.25) is 0 Å². The van der Waals surface area contributed by atoms with Crippen molar-refractivity contribution in [3.05, 3.63) is 119 Å². The first-order valence-electron chi connectivity index (χ1n) is 12.4.